The quantitative estimate of drug-likeness (QED) is 0.754. The Morgan fingerprint density at radius 1 is 1.69 bits per heavy atom. The average Bonchev–Trinajstić information content (AvgIpc) is 2.03. The number of hydrogen-bond acceptors (Lipinski definition) is 2. The highest BCUT2D eigenvalue weighted by atomic mass is 32.2. The number of carboxylic acids is 1. The van der Waals surface area contributed by atoms with E-state index in [4.69, 9.17) is 5.11 Å². The topological polar surface area (TPSA) is 37.3 Å². The third-order valence-electron chi connectivity index (χ3n) is 1.88. The van der Waals surface area contributed by atoms with Crippen LogP contribution in [0.15, 0.2) is 22.6 Å². The van der Waals surface area contributed by atoms with Gasteiger partial charge in [0.2, 0.25) is 0 Å². The summed E-state index contributed by atoms with van der Waals surface area (Å²) < 4.78 is 0. The summed E-state index contributed by atoms with van der Waals surface area (Å²) in [4.78, 5) is 11.6. The van der Waals surface area contributed by atoms with Crippen molar-refractivity contribution < 1.29 is 9.90 Å². The first-order valence-electron chi connectivity index (χ1n) is 4.40. The highest BCUT2D eigenvalue weighted by Gasteiger charge is 2.04. The minimum Gasteiger partial charge on any atom is -0.481 e. The summed E-state index contributed by atoms with van der Waals surface area (Å²) >= 11 is 1.81. The number of carbonyl (C=O) groups is 1. The highest BCUT2D eigenvalue weighted by molar-refractivity contribution is 8.03. The Bertz CT molecular complexity index is 254. The van der Waals surface area contributed by atoms with Gasteiger partial charge in [-0.1, -0.05) is 17.7 Å². The van der Waals surface area contributed by atoms with Crippen molar-refractivity contribution in [1.29, 1.82) is 0 Å². The summed E-state index contributed by atoms with van der Waals surface area (Å²) in [5.41, 5.74) is 1.30. The lowest BCUT2D eigenvalue weighted by molar-refractivity contribution is -0.137. The third kappa shape index (κ3) is 4.18. The van der Waals surface area contributed by atoms with Crippen LogP contribution >= 0.6 is 11.8 Å². The van der Waals surface area contributed by atoms with Crippen molar-refractivity contribution in [3.05, 3.63) is 22.6 Å². The molecule has 1 rings (SSSR count). The van der Waals surface area contributed by atoms with E-state index in [1.54, 1.807) is 0 Å². The molecule has 1 heterocycles. The van der Waals surface area contributed by atoms with E-state index >= 15 is 0 Å². The second kappa shape index (κ2) is 5.12. The number of aliphatic carboxylic acids is 1. The van der Waals surface area contributed by atoms with Crippen LogP contribution in [0.25, 0.3) is 0 Å². The molecule has 0 saturated carbocycles. The molecule has 0 aromatic carbocycles. The van der Waals surface area contributed by atoms with E-state index in [-0.39, 0.29) is 6.42 Å². The lowest BCUT2D eigenvalue weighted by Crippen LogP contribution is -1.95. The van der Waals surface area contributed by atoms with Gasteiger partial charge in [0.15, 0.2) is 0 Å². The van der Waals surface area contributed by atoms with Gasteiger partial charge in [-0.3, -0.25) is 4.79 Å². The molecule has 2 nitrogen and oxygen atoms in total. The normalized spacial score (nSPS) is 16.4. The minimum absolute atomic E-state index is 0.278. The summed E-state index contributed by atoms with van der Waals surface area (Å²) in [6, 6.07) is 0. The molecule has 13 heavy (non-hydrogen) atoms. The van der Waals surface area contributed by atoms with Crippen LogP contribution in [-0.4, -0.2) is 16.8 Å². The van der Waals surface area contributed by atoms with Gasteiger partial charge >= 0.3 is 5.97 Å². The fraction of sp³-hybridized carbons (Fsp3) is 0.500. The second-order valence-electron chi connectivity index (χ2n) is 3.12. The Hall–Kier alpha value is -0.700. The SMILES string of the molecule is CC1=CCSC(CCCC(=O)O)=C1. The minimum atomic E-state index is -0.700. The van der Waals surface area contributed by atoms with Crippen molar-refractivity contribution in [1.82, 2.24) is 0 Å². The molecule has 0 spiro atoms. The first-order chi connectivity index (χ1) is 6.18. The van der Waals surface area contributed by atoms with Gasteiger partial charge in [0.1, 0.15) is 0 Å². The predicted molar refractivity (Wildman–Crippen MR) is 55.8 cm³/mol. The summed E-state index contributed by atoms with van der Waals surface area (Å²) in [7, 11) is 0. The molecule has 0 radical (unpaired) electrons. The van der Waals surface area contributed by atoms with Crippen molar-refractivity contribution in [2.45, 2.75) is 26.2 Å². The number of thioether (sulfide) groups is 1. The van der Waals surface area contributed by atoms with Crippen LogP contribution in [0.1, 0.15) is 26.2 Å². The summed E-state index contributed by atoms with van der Waals surface area (Å²) in [6.07, 6.45) is 6.27. The second-order valence-corrected chi connectivity index (χ2v) is 4.26. The number of allylic oxidation sites excluding steroid dienone is 3. The lowest BCUT2D eigenvalue weighted by Gasteiger charge is -2.10. The van der Waals surface area contributed by atoms with Gasteiger partial charge in [-0.05, 0) is 24.7 Å². The monoisotopic (exact) mass is 198 g/mol. The Morgan fingerprint density at radius 2 is 2.46 bits per heavy atom. The van der Waals surface area contributed by atoms with Crippen molar-refractivity contribution >= 4 is 17.7 Å². The number of carboxylic acid groups (broad SMARTS) is 1. The zero-order valence-corrected chi connectivity index (χ0v) is 8.56. The van der Waals surface area contributed by atoms with Crippen molar-refractivity contribution in [2.75, 3.05) is 5.75 Å². The van der Waals surface area contributed by atoms with Gasteiger partial charge in [-0.2, -0.15) is 0 Å². The van der Waals surface area contributed by atoms with E-state index in [1.165, 1.54) is 10.5 Å². The first-order valence-corrected chi connectivity index (χ1v) is 5.39. The smallest absolute Gasteiger partial charge is 0.303 e. The Morgan fingerprint density at radius 3 is 3.08 bits per heavy atom. The maximum absolute atomic E-state index is 10.3. The molecular formula is C10H14O2S. The van der Waals surface area contributed by atoms with Crippen LogP contribution in [0.4, 0.5) is 0 Å². The standard InChI is InChI=1S/C10H14O2S/c1-8-5-6-13-9(7-8)3-2-4-10(11)12/h5,7H,2-4,6H2,1H3,(H,11,12). The molecule has 72 valence electrons. The van der Waals surface area contributed by atoms with E-state index in [1.807, 2.05) is 11.8 Å². The van der Waals surface area contributed by atoms with Crippen LogP contribution in [0.3, 0.4) is 0 Å². The molecule has 0 aromatic heterocycles. The molecule has 3 heteroatoms. The van der Waals surface area contributed by atoms with E-state index in [9.17, 15) is 4.79 Å². The molecule has 1 N–H and O–H groups in total. The predicted octanol–water partition coefficient (Wildman–Crippen LogP) is 2.82. The number of rotatable bonds is 4. The molecule has 0 bridgehead atoms. The molecule has 1 aliphatic heterocycles. The Kier molecular flexibility index (Phi) is 4.09. The van der Waals surface area contributed by atoms with E-state index in [0.717, 1.165) is 18.6 Å². The molecule has 0 unspecified atom stereocenters. The molecule has 0 aliphatic carbocycles. The van der Waals surface area contributed by atoms with Crippen LogP contribution in [0.5, 0.6) is 0 Å². The third-order valence-corrected chi connectivity index (χ3v) is 2.90. The van der Waals surface area contributed by atoms with Gasteiger partial charge in [0.05, 0.1) is 0 Å². The molecule has 0 saturated heterocycles. The van der Waals surface area contributed by atoms with Gasteiger partial charge < -0.3 is 5.11 Å². The molecular weight excluding hydrogens is 184 g/mol. The van der Waals surface area contributed by atoms with E-state index in [0.29, 0.717) is 0 Å². The lowest BCUT2D eigenvalue weighted by atomic mass is 10.2. The highest BCUT2D eigenvalue weighted by Crippen LogP contribution is 2.27. The molecule has 1 aliphatic rings. The van der Waals surface area contributed by atoms with Crippen LogP contribution in [-0.2, 0) is 4.79 Å². The maximum atomic E-state index is 10.3. The maximum Gasteiger partial charge on any atom is 0.303 e. The largest absolute Gasteiger partial charge is 0.481 e. The van der Waals surface area contributed by atoms with Crippen molar-refractivity contribution in [3.8, 4) is 0 Å². The Labute approximate surface area is 82.7 Å². The average molecular weight is 198 g/mol. The van der Waals surface area contributed by atoms with Gasteiger partial charge in [0.25, 0.3) is 0 Å². The number of hydrogen-bond donors (Lipinski definition) is 1. The van der Waals surface area contributed by atoms with Gasteiger partial charge in [-0.15, -0.1) is 11.8 Å². The molecule has 0 aromatic rings. The van der Waals surface area contributed by atoms with Gasteiger partial charge in [0, 0.05) is 12.2 Å². The zero-order chi connectivity index (χ0) is 9.68. The van der Waals surface area contributed by atoms with Crippen molar-refractivity contribution in [3.63, 3.8) is 0 Å². The van der Waals surface area contributed by atoms with E-state index in [2.05, 4.69) is 19.1 Å². The first kappa shape index (κ1) is 10.4. The van der Waals surface area contributed by atoms with Crippen LogP contribution < -0.4 is 0 Å². The molecule has 0 amide bonds. The fourth-order valence-electron chi connectivity index (χ4n) is 1.19. The summed E-state index contributed by atoms with van der Waals surface area (Å²) in [5.74, 6) is 0.332. The summed E-state index contributed by atoms with van der Waals surface area (Å²) in [6.45, 7) is 2.08. The Balaban J connectivity index is 2.29. The van der Waals surface area contributed by atoms with Crippen LogP contribution in [0, 0.1) is 0 Å². The zero-order valence-electron chi connectivity index (χ0n) is 7.75. The van der Waals surface area contributed by atoms with Crippen molar-refractivity contribution in [2.24, 2.45) is 0 Å². The molecule has 0 fully saturated rings. The molecule has 0 atom stereocenters. The van der Waals surface area contributed by atoms with Gasteiger partial charge in [-0.25, -0.2) is 0 Å². The van der Waals surface area contributed by atoms with Crippen LogP contribution in [0.2, 0.25) is 0 Å². The fourth-order valence-corrected chi connectivity index (χ4v) is 2.31. The summed E-state index contributed by atoms with van der Waals surface area (Å²) in [5, 5.41) is 8.46. The van der Waals surface area contributed by atoms with E-state index < -0.39 is 5.97 Å².